The standard InChI is InChI=1S/C30H47NO23/c32-5-11-15(36)16(37)20(41)28(48-11)52-25-13(7-34)50-30(22(43)18(25)39)54-26-14(8-35)51-29(23(44)19(26)40)53-24-12(6-33)49-27(21(42)17(24)38)47-10-3-1-9(2-4-10)31(45)46/h1-4,11-30,32-46H,5-8H2/t11-,12-,13-,14-,15-,16+,17-,18-,19-,20-,21-,22-,23-,24-,25-,26-,27+,28-,29-,30-/m1/s1. The zero-order valence-corrected chi connectivity index (χ0v) is 28.1. The predicted octanol–water partition coefficient (Wildman–Crippen LogP) is -8.08. The molecule has 0 unspecified atom stereocenters. The maximum Gasteiger partial charge on any atom is 0.229 e. The molecule has 20 atom stereocenters. The monoisotopic (exact) mass is 789 g/mol. The quantitative estimate of drug-likeness (QED) is 0.0825. The van der Waals surface area contributed by atoms with Crippen LogP contribution in [0, 0.1) is 0 Å². The Hall–Kier alpha value is -2.06. The Morgan fingerprint density at radius 1 is 0.426 bits per heavy atom. The van der Waals surface area contributed by atoms with Gasteiger partial charge >= 0.3 is 0 Å². The second-order valence-electron chi connectivity index (χ2n) is 13.0. The number of hydrogen-bond donors (Lipinski definition) is 15. The fraction of sp³-hybridized carbons (Fsp3) is 0.800. The van der Waals surface area contributed by atoms with Gasteiger partial charge in [0.05, 0.1) is 32.1 Å². The molecule has 0 bridgehead atoms. The maximum atomic E-state index is 11.1. The minimum atomic E-state index is -2.05. The van der Waals surface area contributed by atoms with Crippen LogP contribution in [0.4, 0.5) is 5.69 Å². The third-order valence-electron chi connectivity index (χ3n) is 9.50. The van der Waals surface area contributed by atoms with Crippen LogP contribution in [0.15, 0.2) is 24.3 Å². The topological polar surface area (TPSA) is 381 Å². The molecule has 0 saturated carbocycles. The predicted molar refractivity (Wildman–Crippen MR) is 165 cm³/mol. The van der Waals surface area contributed by atoms with Gasteiger partial charge in [-0.3, -0.25) is 10.4 Å². The number of ether oxygens (including phenoxy) is 8. The average Bonchev–Trinajstić information content (AvgIpc) is 3.16. The van der Waals surface area contributed by atoms with Crippen molar-refractivity contribution in [1.29, 1.82) is 0 Å². The molecule has 15 N–H and O–H groups in total. The van der Waals surface area contributed by atoms with Gasteiger partial charge in [0.1, 0.15) is 103 Å². The third-order valence-corrected chi connectivity index (χ3v) is 9.50. The lowest BCUT2D eigenvalue weighted by Gasteiger charge is -2.49. The molecule has 24 nitrogen and oxygen atoms in total. The van der Waals surface area contributed by atoms with Crippen LogP contribution in [0.2, 0.25) is 0 Å². The lowest BCUT2D eigenvalue weighted by molar-refractivity contribution is -0.387. The lowest BCUT2D eigenvalue weighted by Crippen LogP contribution is -2.67. The number of nitrogens with zero attached hydrogens (tertiary/aromatic N) is 1. The van der Waals surface area contributed by atoms with E-state index in [0.717, 1.165) is 0 Å². The molecule has 0 radical (unpaired) electrons. The molecule has 4 aliphatic heterocycles. The fourth-order valence-corrected chi connectivity index (χ4v) is 6.42. The van der Waals surface area contributed by atoms with E-state index in [9.17, 15) is 66.4 Å². The summed E-state index contributed by atoms with van der Waals surface area (Å²) in [5.41, 5.74) is -0.0287. The Morgan fingerprint density at radius 3 is 1.13 bits per heavy atom. The molecule has 1 aromatic carbocycles. The lowest BCUT2D eigenvalue weighted by atomic mass is 9.95. The highest BCUT2D eigenvalue weighted by atomic mass is 16.8. The molecule has 4 aliphatic rings. The van der Waals surface area contributed by atoms with Crippen molar-refractivity contribution in [2.24, 2.45) is 0 Å². The smallest absolute Gasteiger partial charge is 0.229 e. The van der Waals surface area contributed by atoms with Crippen LogP contribution in [0.1, 0.15) is 0 Å². The minimum Gasteiger partial charge on any atom is -0.462 e. The van der Waals surface area contributed by atoms with E-state index in [1.807, 2.05) is 0 Å². The van der Waals surface area contributed by atoms with Crippen molar-refractivity contribution >= 4 is 5.69 Å². The van der Waals surface area contributed by atoms with E-state index < -0.39 is 149 Å². The van der Waals surface area contributed by atoms with Gasteiger partial charge in [0.25, 0.3) is 0 Å². The Balaban J connectivity index is 1.22. The number of benzene rings is 1. The van der Waals surface area contributed by atoms with Gasteiger partial charge in [0, 0.05) is 0 Å². The van der Waals surface area contributed by atoms with Crippen molar-refractivity contribution in [2.45, 2.75) is 123 Å². The van der Waals surface area contributed by atoms with Crippen molar-refractivity contribution in [2.75, 3.05) is 31.7 Å². The van der Waals surface area contributed by atoms with Crippen LogP contribution in [0.5, 0.6) is 5.75 Å². The SMILES string of the molecule is OC[C@H]1O[C@H](O[C@H]2[C@H](O)[C@@H](O)[C@@H](O[C@H]3[C@H](O)[C@@H](O)[C@@H](O[C@H]4[C@H](O)[C@@H](O)[C@@H](Oc5ccc(N(O)O)cc5)O[C@@H]4CO)O[C@@H]3CO)O[C@@H]2CO)[C@H](O)[C@@H](O)[C@@H]1O. The van der Waals surface area contributed by atoms with Crippen LogP contribution in [0.25, 0.3) is 0 Å². The first-order valence-electron chi connectivity index (χ1n) is 16.7. The minimum absolute atomic E-state index is 0.0287. The molecule has 4 heterocycles. The first-order valence-corrected chi connectivity index (χ1v) is 16.7. The number of hydrogen-bond acceptors (Lipinski definition) is 24. The molecule has 4 fully saturated rings. The van der Waals surface area contributed by atoms with Crippen LogP contribution in [-0.2, 0) is 33.2 Å². The fourth-order valence-electron chi connectivity index (χ4n) is 6.42. The van der Waals surface area contributed by atoms with Crippen molar-refractivity contribution in [1.82, 2.24) is 0 Å². The van der Waals surface area contributed by atoms with Crippen molar-refractivity contribution < 1.29 is 115 Å². The van der Waals surface area contributed by atoms with Crippen molar-refractivity contribution in [3.63, 3.8) is 0 Å². The largest absolute Gasteiger partial charge is 0.462 e. The molecule has 0 amide bonds. The van der Waals surface area contributed by atoms with Gasteiger partial charge in [-0.25, -0.2) is 0 Å². The Kier molecular flexibility index (Phi) is 14.7. The van der Waals surface area contributed by atoms with E-state index in [2.05, 4.69) is 0 Å². The van der Waals surface area contributed by atoms with Crippen molar-refractivity contribution in [3.8, 4) is 5.75 Å². The highest BCUT2D eigenvalue weighted by Gasteiger charge is 2.55. The zero-order valence-electron chi connectivity index (χ0n) is 28.1. The van der Waals surface area contributed by atoms with E-state index in [1.165, 1.54) is 24.3 Å². The summed E-state index contributed by atoms with van der Waals surface area (Å²) in [5.74, 6) is 0.0561. The van der Waals surface area contributed by atoms with Gasteiger partial charge in [-0.15, -0.1) is 5.23 Å². The number of anilines is 1. The second-order valence-corrected chi connectivity index (χ2v) is 13.0. The Bertz CT molecular complexity index is 1290. The van der Waals surface area contributed by atoms with Crippen LogP contribution in [-0.4, -0.2) is 226 Å². The zero-order chi connectivity index (χ0) is 39.6. The Labute approximate surface area is 305 Å². The summed E-state index contributed by atoms with van der Waals surface area (Å²) in [6.45, 7) is -3.47. The first-order chi connectivity index (χ1) is 25.6. The van der Waals surface area contributed by atoms with Gasteiger partial charge < -0.3 is 104 Å². The van der Waals surface area contributed by atoms with E-state index in [0.29, 0.717) is 0 Å². The van der Waals surface area contributed by atoms with Gasteiger partial charge in [-0.2, -0.15) is 0 Å². The number of rotatable bonds is 13. The summed E-state index contributed by atoms with van der Waals surface area (Å²) in [7, 11) is 0. The molecule has 0 spiro atoms. The average molecular weight is 790 g/mol. The van der Waals surface area contributed by atoms with E-state index in [4.69, 9.17) is 48.3 Å². The molecule has 5 rings (SSSR count). The highest BCUT2D eigenvalue weighted by Crippen LogP contribution is 2.34. The molecular weight excluding hydrogens is 742 g/mol. The summed E-state index contributed by atoms with van der Waals surface area (Å²) < 4.78 is 44.3. The Morgan fingerprint density at radius 2 is 0.759 bits per heavy atom. The molecule has 1 aromatic rings. The first kappa shape index (κ1) is 43.1. The van der Waals surface area contributed by atoms with Gasteiger partial charge in [-0.05, 0) is 24.3 Å². The molecular formula is C30H47NO23. The molecule has 0 aliphatic carbocycles. The molecule has 54 heavy (non-hydrogen) atoms. The summed E-state index contributed by atoms with van der Waals surface area (Å²) in [5, 5.41) is 154. The maximum absolute atomic E-state index is 11.1. The molecule has 0 aromatic heterocycles. The molecule has 4 saturated heterocycles. The third kappa shape index (κ3) is 8.90. The summed E-state index contributed by atoms with van der Waals surface area (Å²) in [6.07, 6.45) is -35.5. The van der Waals surface area contributed by atoms with Crippen molar-refractivity contribution in [3.05, 3.63) is 24.3 Å². The van der Waals surface area contributed by atoms with Crippen LogP contribution >= 0.6 is 0 Å². The van der Waals surface area contributed by atoms with E-state index in [1.54, 1.807) is 0 Å². The van der Waals surface area contributed by atoms with Gasteiger partial charge in [-0.1, -0.05) is 0 Å². The van der Waals surface area contributed by atoms with E-state index in [-0.39, 0.29) is 16.7 Å². The number of aliphatic hydroxyl groups excluding tert-OH is 13. The second kappa shape index (κ2) is 18.5. The van der Waals surface area contributed by atoms with Crippen LogP contribution in [0.3, 0.4) is 0 Å². The van der Waals surface area contributed by atoms with Gasteiger partial charge in [0.2, 0.25) is 6.29 Å². The highest BCUT2D eigenvalue weighted by molar-refractivity contribution is 5.44. The number of aliphatic hydroxyl groups is 13. The summed E-state index contributed by atoms with van der Waals surface area (Å²) in [6, 6.07) is 5.05. The molecule has 24 heteroatoms. The van der Waals surface area contributed by atoms with Gasteiger partial charge in [0.15, 0.2) is 18.9 Å². The normalized spacial score (nSPS) is 45.9. The molecule has 310 valence electrons. The van der Waals surface area contributed by atoms with Crippen LogP contribution < -0.4 is 9.96 Å². The summed E-state index contributed by atoms with van der Waals surface area (Å²) in [4.78, 5) is 0. The van der Waals surface area contributed by atoms with E-state index >= 15 is 0 Å². The summed E-state index contributed by atoms with van der Waals surface area (Å²) >= 11 is 0.